The van der Waals surface area contributed by atoms with Crippen molar-refractivity contribution in [1.82, 2.24) is 24.7 Å². The van der Waals surface area contributed by atoms with Crippen molar-refractivity contribution in [2.45, 2.75) is 40.7 Å². The molecule has 0 atom stereocenters. The third-order valence-electron chi connectivity index (χ3n) is 2.98. The Morgan fingerprint density at radius 3 is 2.81 bits per heavy atom. The molecule has 1 N–H and O–H groups in total. The van der Waals surface area contributed by atoms with Crippen molar-refractivity contribution < 1.29 is 0 Å². The summed E-state index contributed by atoms with van der Waals surface area (Å²) >= 11 is 11.5. The third kappa shape index (κ3) is 3.41. The summed E-state index contributed by atoms with van der Waals surface area (Å²) in [5.41, 5.74) is 1.65. The second-order valence-electron chi connectivity index (χ2n) is 5.22. The molecule has 0 spiro atoms. The number of aryl methyl sites for hydroxylation is 2. The number of nitrogens with zero attached hydrogens (tertiary/aromatic N) is 5. The molecule has 0 aliphatic rings. The summed E-state index contributed by atoms with van der Waals surface area (Å²) in [6, 6.07) is 0. The number of halogens is 1. The highest BCUT2D eigenvalue weighted by Gasteiger charge is 2.13. The Labute approximate surface area is 133 Å². The van der Waals surface area contributed by atoms with Crippen LogP contribution in [-0.4, -0.2) is 30.9 Å². The van der Waals surface area contributed by atoms with Crippen LogP contribution in [0.5, 0.6) is 0 Å². The number of hydrogen-bond donors (Lipinski definition) is 1. The van der Waals surface area contributed by atoms with Crippen molar-refractivity contribution in [2.75, 3.05) is 0 Å². The Morgan fingerprint density at radius 1 is 1.48 bits per heavy atom. The Hall–Kier alpha value is -1.47. The first-order chi connectivity index (χ1) is 9.93. The number of aromatic amines is 1. The predicted molar refractivity (Wildman–Crippen MR) is 86.6 cm³/mol. The van der Waals surface area contributed by atoms with E-state index >= 15 is 0 Å². The molecule has 0 amide bonds. The lowest BCUT2D eigenvalue weighted by molar-refractivity contribution is 0.482. The fraction of sp³-hybridized carbons (Fsp3) is 0.538. The first-order valence-corrected chi connectivity index (χ1v) is 7.66. The fourth-order valence-electron chi connectivity index (χ4n) is 1.97. The summed E-state index contributed by atoms with van der Waals surface area (Å²) in [6.45, 7) is 8.94. The highest BCUT2D eigenvalue weighted by Crippen LogP contribution is 2.19. The molecule has 0 aromatic carbocycles. The minimum absolute atomic E-state index is 0.464. The van der Waals surface area contributed by atoms with Gasteiger partial charge in [-0.05, 0) is 25.1 Å². The van der Waals surface area contributed by atoms with Gasteiger partial charge in [0.15, 0.2) is 5.82 Å². The lowest BCUT2D eigenvalue weighted by Crippen LogP contribution is -2.06. The number of aromatic nitrogens is 5. The summed E-state index contributed by atoms with van der Waals surface area (Å²) in [6.07, 6.45) is 2.43. The fourth-order valence-corrected chi connectivity index (χ4v) is 2.46. The average Bonchev–Trinajstić information content (AvgIpc) is 2.89. The topological polar surface area (TPSA) is 63.8 Å². The van der Waals surface area contributed by atoms with E-state index in [0.29, 0.717) is 15.8 Å². The largest absolute Gasteiger partial charge is 0.253 e. The monoisotopic (exact) mass is 326 g/mol. The van der Waals surface area contributed by atoms with E-state index in [0.717, 1.165) is 30.0 Å². The maximum Gasteiger partial charge on any atom is 0.216 e. The van der Waals surface area contributed by atoms with Crippen molar-refractivity contribution in [3.8, 4) is 0 Å². The lowest BCUT2D eigenvalue weighted by atomic mass is 10.2. The van der Waals surface area contributed by atoms with Crippen LogP contribution in [0.1, 0.15) is 37.9 Å². The molecule has 2 heterocycles. The van der Waals surface area contributed by atoms with Gasteiger partial charge in [-0.2, -0.15) is 20.0 Å². The van der Waals surface area contributed by atoms with Gasteiger partial charge in [-0.3, -0.25) is 9.78 Å². The molecule has 2 rings (SSSR count). The van der Waals surface area contributed by atoms with Crippen LogP contribution in [-0.2, 0) is 13.0 Å². The summed E-state index contributed by atoms with van der Waals surface area (Å²) < 4.78 is 3.87. The molecule has 0 saturated carbocycles. The zero-order valence-electron chi connectivity index (χ0n) is 12.6. The molecule has 21 heavy (non-hydrogen) atoms. The van der Waals surface area contributed by atoms with Crippen molar-refractivity contribution in [3.63, 3.8) is 0 Å². The number of rotatable bonds is 5. The predicted octanol–water partition coefficient (Wildman–Crippen LogP) is 3.20. The van der Waals surface area contributed by atoms with Crippen LogP contribution in [0.2, 0.25) is 5.15 Å². The van der Waals surface area contributed by atoms with Gasteiger partial charge in [-0.25, -0.2) is 0 Å². The van der Waals surface area contributed by atoms with Gasteiger partial charge in [-0.15, -0.1) is 0 Å². The van der Waals surface area contributed by atoms with Crippen LogP contribution in [0.25, 0.3) is 0 Å². The lowest BCUT2D eigenvalue weighted by Gasteiger charge is -2.05. The van der Waals surface area contributed by atoms with Gasteiger partial charge in [-0.1, -0.05) is 32.4 Å². The van der Waals surface area contributed by atoms with Crippen molar-refractivity contribution in [2.24, 2.45) is 11.0 Å². The van der Waals surface area contributed by atoms with Gasteiger partial charge in [0.1, 0.15) is 5.15 Å². The second-order valence-corrected chi connectivity index (χ2v) is 5.97. The van der Waals surface area contributed by atoms with Crippen LogP contribution in [0.4, 0.5) is 0 Å². The van der Waals surface area contributed by atoms with E-state index in [1.165, 1.54) is 0 Å². The molecular weight excluding hydrogens is 308 g/mol. The maximum atomic E-state index is 6.38. The van der Waals surface area contributed by atoms with Gasteiger partial charge in [0.25, 0.3) is 0 Å². The molecule has 8 heteroatoms. The minimum atomic E-state index is 0.464. The number of nitrogens with one attached hydrogen (secondary N) is 1. The summed E-state index contributed by atoms with van der Waals surface area (Å²) in [7, 11) is 0. The van der Waals surface area contributed by atoms with Gasteiger partial charge in [0.2, 0.25) is 4.77 Å². The van der Waals surface area contributed by atoms with E-state index in [1.807, 2.05) is 13.8 Å². The van der Waals surface area contributed by atoms with Crippen molar-refractivity contribution >= 4 is 30.0 Å². The summed E-state index contributed by atoms with van der Waals surface area (Å²) in [5, 5.41) is 16.3. The molecule has 0 bridgehead atoms. The van der Waals surface area contributed by atoms with E-state index in [2.05, 4.69) is 34.2 Å². The highest BCUT2D eigenvalue weighted by molar-refractivity contribution is 7.71. The number of H-pyrrole nitrogens is 1. The first kappa shape index (κ1) is 15.9. The van der Waals surface area contributed by atoms with E-state index < -0.39 is 0 Å². The molecule has 0 aliphatic carbocycles. The van der Waals surface area contributed by atoms with Crippen molar-refractivity contribution in [1.29, 1.82) is 0 Å². The zero-order chi connectivity index (χ0) is 15.6. The van der Waals surface area contributed by atoms with E-state index in [9.17, 15) is 0 Å². The van der Waals surface area contributed by atoms with E-state index in [4.69, 9.17) is 23.8 Å². The molecule has 6 nitrogen and oxygen atoms in total. The van der Waals surface area contributed by atoms with Gasteiger partial charge < -0.3 is 0 Å². The molecular formula is C13H19ClN6S. The molecule has 0 unspecified atom stereocenters. The van der Waals surface area contributed by atoms with Crippen LogP contribution in [0.15, 0.2) is 5.10 Å². The van der Waals surface area contributed by atoms with Gasteiger partial charge in [0, 0.05) is 13.0 Å². The van der Waals surface area contributed by atoms with Crippen LogP contribution in [0.3, 0.4) is 0 Å². The molecule has 0 fully saturated rings. The quantitative estimate of drug-likeness (QED) is 0.678. The van der Waals surface area contributed by atoms with E-state index in [-0.39, 0.29) is 0 Å². The average molecular weight is 327 g/mol. The standard InChI is InChI=1S/C13H19ClN6S/c1-5-11-16-17-13(21)20(11)15-6-10-9(4)18-19(12(10)14)7-8(2)3/h6,8H,5,7H2,1-4H3,(H,17,21)/b15-6-. The summed E-state index contributed by atoms with van der Waals surface area (Å²) in [4.78, 5) is 0. The molecule has 114 valence electrons. The highest BCUT2D eigenvalue weighted by atomic mass is 35.5. The normalized spacial score (nSPS) is 11.9. The van der Waals surface area contributed by atoms with Crippen LogP contribution >= 0.6 is 23.8 Å². The zero-order valence-corrected chi connectivity index (χ0v) is 14.2. The Morgan fingerprint density at radius 2 is 2.19 bits per heavy atom. The van der Waals surface area contributed by atoms with Gasteiger partial charge in [0.05, 0.1) is 17.5 Å². The first-order valence-electron chi connectivity index (χ1n) is 6.87. The Kier molecular flexibility index (Phi) is 4.95. The van der Waals surface area contributed by atoms with Crippen molar-refractivity contribution in [3.05, 3.63) is 27.0 Å². The SMILES string of the molecule is CCc1n[nH]c(=S)n1/N=C\c1c(C)nn(CC(C)C)c1Cl. The maximum absolute atomic E-state index is 6.38. The molecule has 0 radical (unpaired) electrons. The number of hydrogen-bond acceptors (Lipinski definition) is 4. The van der Waals surface area contributed by atoms with Crippen LogP contribution in [0, 0.1) is 17.6 Å². The molecule has 2 aromatic heterocycles. The van der Waals surface area contributed by atoms with E-state index in [1.54, 1.807) is 15.6 Å². The van der Waals surface area contributed by atoms with Crippen LogP contribution < -0.4 is 0 Å². The van der Waals surface area contributed by atoms with Gasteiger partial charge >= 0.3 is 0 Å². The molecule has 2 aromatic rings. The third-order valence-corrected chi connectivity index (χ3v) is 3.65. The summed E-state index contributed by atoms with van der Waals surface area (Å²) in [5.74, 6) is 1.25. The molecule has 0 aliphatic heterocycles. The Bertz CT molecular complexity index is 709. The smallest absolute Gasteiger partial charge is 0.216 e. The minimum Gasteiger partial charge on any atom is -0.253 e. The second kappa shape index (κ2) is 6.53. The Balaban J connectivity index is 2.35. The molecule has 0 saturated heterocycles.